The Morgan fingerprint density at radius 2 is 1.52 bits per heavy atom. The molecule has 170 valence electrons. The highest BCUT2D eigenvalue weighted by Gasteiger charge is 2.23. The van der Waals surface area contributed by atoms with Crippen LogP contribution in [0, 0.1) is 5.41 Å². The van der Waals surface area contributed by atoms with Crippen LogP contribution in [0.5, 0.6) is 0 Å². The summed E-state index contributed by atoms with van der Waals surface area (Å²) < 4.78 is 5.31. The fourth-order valence-electron chi connectivity index (χ4n) is 2.62. The van der Waals surface area contributed by atoms with Crippen molar-refractivity contribution in [2.45, 2.75) is 20.8 Å². The smallest absolute Gasteiger partial charge is 0.328 e. The Bertz CT molecular complexity index is 822. The Labute approximate surface area is 181 Å². The van der Waals surface area contributed by atoms with Gasteiger partial charge in [0.05, 0.1) is 11.1 Å². The van der Waals surface area contributed by atoms with Gasteiger partial charge in [-0.1, -0.05) is 18.2 Å². The first kappa shape index (κ1) is 25.8. The van der Waals surface area contributed by atoms with Gasteiger partial charge in [-0.2, -0.15) is 0 Å². The summed E-state index contributed by atoms with van der Waals surface area (Å²) in [5.41, 5.74) is 0.364. The van der Waals surface area contributed by atoms with E-state index in [1.54, 1.807) is 12.1 Å². The van der Waals surface area contributed by atoms with E-state index in [2.05, 4.69) is 9.80 Å². The lowest BCUT2D eigenvalue weighted by molar-refractivity contribution is -0.153. The van der Waals surface area contributed by atoms with Gasteiger partial charge in [0.1, 0.15) is 6.61 Å². The second kappa shape index (κ2) is 12.5. The van der Waals surface area contributed by atoms with Crippen LogP contribution in [-0.4, -0.2) is 72.4 Å². The number of hydrogen-bond donors (Lipinski definition) is 2. The fourth-order valence-corrected chi connectivity index (χ4v) is 2.62. The van der Waals surface area contributed by atoms with Gasteiger partial charge >= 0.3 is 17.9 Å². The molecule has 0 radical (unpaired) electrons. The topological polar surface area (TPSA) is 124 Å². The van der Waals surface area contributed by atoms with Crippen molar-refractivity contribution in [2.75, 3.05) is 44.2 Å². The lowest BCUT2D eigenvalue weighted by atomic mass is 9.97. The molecule has 0 aliphatic carbocycles. The van der Waals surface area contributed by atoms with Crippen LogP contribution in [-0.2, 0) is 19.1 Å². The molecule has 2 rings (SSSR count). The molecule has 1 heterocycles. The van der Waals surface area contributed by atoms with Crippen LogP contribution >= 0.6 is 0 Å². The molecule has 0 saturated carbocycles. The number of carbonyl (C=O) groups is 3. The van der Waals surface area contributed by atoms with Gasteiger partial charge in [-0.05, 0) is 32.9 Å². The summed E-state index contributed by atoms with van der Waals surface area (Å²) in [6.07, 6.45) is 1.12. The van der Waals surface area contributed by atoms with Crippen LogP contribution in [0.1, 0.15) is 20.8 Å². The number of nitrogens with zero attached hydrogens (tertiary/aromatic N) is 2. The van der Waals surface area contributed by atoms with Crippen LogP contribution in [0.3, 0.4) is 0 Å². The fraction of sp³-hybridized carbons (Fsp3) is 0.455. The summed E-state index contributed by atoms with van der Waals surface area (Å²) in [6, 6.07) is 9.02. The average Bonchev–Trinajstić information content (AvgIpc) is 2.91. The Morgan fingerprint density at radius 3 is 2.03 bits per heavy atom. The molecule has 31 heavy (non-hydrogen) atoms. The minimum atomic E-state index is -1.26. The van der Waals surface area contributed by atoms with Crippen LogP contribution < -0.4 is 10.3 Å². The van der Waals surface area contributed by atoms with Crippen molar-refractivity contribution < 1.29 is 29.3 Å². The number of aliphatic carboxylic acids is 2. The first-order valence-electron chi connectivity index (χ1n) is 9.88. The predicted molar refractivity (Wildman–Crippen MR) is 116 cm³/mol. The Morgan fingerprint density at radius 1 is 0.968 bits per heavy atom. The van der Waals surface area contributed by atoms with Crippen molar-refractivity contribution in [3.05, 3.63) is 52.7 Å². The van der Waals surface area contributed by atoms with Crippen molar-refractivity contribution in [3.8, 4) is 0 Å². The van der Waals surface area contributed by atoms with Gasteiger partial charge in [0.2, 0.25) is 5.43 Å². The molecular formula is C22H30N2O7. The number of anilines is 1. The summed E-state index contributed by atoms with van der Waals surface area (Å²) in [7, 11) is 0. The summed E-state index contributed by atoms with van der Waals surface area (Å²) in [4.78, 5) is 47.3. The maximum absolute atomic E-state index is 12.0. The van der Waals surface area contributed by atoms with Crippen LogP contribution in [0.2, 0.25) is 0 Å². The number of esters is 1. The Kier molecular flexibility index (Phi) is 10.4. The molecule has 1 aliphatic rings. The van der Waals surface area contributed by atoms with E-state index in [0.717, 1.165) is 38.4 Å². The molecular weight excluding hydrogens is 404 g/mol. The zero-order chi connectivity index (χ0) is 23.4. The number of rotatable bonds is 6. The predicted octanol–water partition coefficient (Wildman–Crippen LogP) is 1.47. The summed E-state index contributed by atoms with van der Waals surface area (Å²) in [5, 5.41) is 15.6. The number of carbonyl (C=O) groups excluding carboxylic acids is 1. The van der Waals surface area contributed by atoms with Gasteiger partial charge in [-0.25, -0.2) is 9.59 Å². The van der Waals surface area contributed by atoms with E-state index in [-0.39, 0.29) is 11.4 Å². The first-order valence-corrected chi connectivity index (χ1v) is 9.88. The Balaban J connectivity index is 0.000000512. The third kappa shape index (κ3) is 10.4. The molecule has 2 N–H and O–H groups in total. The van der Waals surface area contributed by atoms with Crippen molar-refractivity contribution in [1.29, 1.82) is 0 Å². The second-order valence-electron chi connectivity index (χ2n) is 7.88. The van der Waals surface area contributed by atoms with Gasteiger partial charge in [-0.3, -0.25) is 14.5 Å². The molecule has 1 aliphatic heterocycles. The molecule has 1 aromatic carbocycles. The highest BCUT2D eigenvalue weighted by atomic mass is 16.5. The molecule has 0 atom stereocenters. The van der Waals surface area contributed by atoms with Crippen LogP contribution in [0.25, 0.3) is 0 Å². The van der Waals surface area contributed by atoms with Crippen molar-refractivity contribution >= 4 is 23.6 Å². The molecule has 1 aromatic rings. The third-order valence-electron chi connectivity index (χ3n) is 4.31. The highest BCUT2D eigenvalue weighted by molar-refractivity contribution is 5.89. The van der Waals surface area contributed by atoms with Gasteiger partial charge in [0, 0.05) is 44.9 Å². The molecule has 0 aromatic heterocycles. The van der Waals surface area contributed by atoms with E-state index in [0.29, 0.717) is 18.8 Å². The monoisotopic (exact) mass is 434 g/mol. The zero-order valence-electron chi connectivity index (χ0n) is 18.1. The van der Waals surface area contributed by atoms with Gasteiger partial charge in [0.15, 0.2) is 0 Å². The van der Waals surface area contributed by atoms with E-state index in [1.807, 2.05) is 39.0 Å². The average molecular weight is 434 g/mol. The molecule has 1 fully saturated rings. The SMILES string of the molecule is CC(C)(C)C(=O)OCCN1CCN(c2cccccc2=O)CC1.O=C(O)/C=C\C(=O)O. The van der Waals surface area contributed by atoms with Gasteiger partial charge < -0.3 is 19.8 Å². The van der Waals surface area contributed by atoms with Gasteiger partial charge in [-0.15, -0.1) is 0 Å². The molecule has 1 saturated heterocycles. The second-order valence-corrected chi connectivity index (χ2v) is 7.88. The lowest BCUT2D eigenvalue weighted by Crippen LogP contribution is -2.48. The summed E-state index contributed by atoms with van der Waals surface area (Å²) in [6.45, 7) is 10.1. The molecule has 9 heteroatoms. The number of carboxylic acid groups (broad SMARTS) is 2. The molecule has 0 spiro atoms. The lowest BCUT2D eigenvalue weighted by Gasteiger charge is -2.35. The summed E-state index contributed by atoms with van der Waals surface area (Å²) in [5.74, 6) is -2.68. The number of ether oxygens (including phenoxy) is 1. The maximum Gasteiger partial charge on any atom is 0.328 e. The summed E-state index contributed by atoms with van der Waals surface area (Å²) >= 11 is 0. The maximum atomic E-state index is 12.0. The number of piperazine rings is 1. The zero-order valence-corrected chi connectivity index (χ0v) is 18.1. The molecule has 0 unspecified atom stereocenters. The van der Waals surface area contributed by atoms with Crippen LogP contribution in [0.15, 0.2) is 47.3 Å². The Hall–Kier alpha value is -3.20. The van der Waals surface area contributed by atoms with Crippen LogP contribution in [0.4, 0.5) is 5.69 Å². The van der Waals surface area contributed by atoms with Crippen molar-refractivity contribution in [1.82, 2.24) is 4.90 Å². The minimum Gasteiger partial charge on any atom is -0.478 e. The number of hydrogen-bond acceptors (Lipinski definition) is 7. The standard InChI is InChI=1S/C18H26N2O3.C4H4O4/c1-18(2,3)17(22)23-14-13-19-9-11-20(12-10-19)15-7-5-4-6-8-16(15)21;5-3(6)1-2-4(7)8/h4-8H,9-14H2,1-3H3;1-2H,(H,5,6)(H,7,8)/b;2-1-. The minimum absolute atomic E-state index is 0.0579. The largest absolute Gasteiger partial charge is 0.478 e. The van der Waals surface area contributed by atoms with E-state index in [1.165, 1.54) is 0 Å². The molecule has 0 bridgehead atoms. The van der Waals surface area contributed by atoms with E-state index in [9.17, 15) is 19.2 Å². The number of carboxylic acids is 2. The molecule has 9 nitrogen and oxygen atoms in total. The van der Waals surface area contributed by atoms with E-state index in [4.69, 9.17) is 14.9 Å². The van der Waals surface area contributed by atoms with E-state index >= 15 is 0 Å². The first-order chi connectivity index (χ1) is 14.5. The van der Waals surface area contributed by atoms with Gasteiger partial charge in [0.25, 0.3) is 0 Å². The van der Waals surface area contributed by atoms with Crippen molar-refractivity contribution in [2.24, 2.45) is 5.41 Å². The highest BCUT2D eigenvalue weighted by Crippen LogP contribution is 2.15. The molecule has 0 amide bonds. The third-order valence-corrected chi connectivity index (χ3v) is 4.31. The quantitative estimate of drug-likeness (QED) is 0.506. The normalized spacial score (nSPS) is 14.5. The van der Waals surface area contributed by atoms with E-state index < -0.39 is 17.4 Å². The van der Waals surface area contributed by atoms with Crippen molar-refractivity contribution in [3.63, 3.8) is 0 Å².